The Balaban J connectivity index is 1.28. The fourth-order valence-corrected chi connectivity index (χ4v) is 6.43. The number of nitrogens with zero attached hydrogens (tertiary/aromatic N) is 3. The van der Waals surface area contributed by atoms with Gasteiger partial charge in [-0.3, -0.25) is 0 Å². The van der Waals surface area contributed by atoms with Crippen LogP contribution in [0.15, 0.2) is 138 Å². The minimum absolute atomic E-state index is 0.0254. The Morgan fingerprint density at radius 1 is 0.511 bits per heavy atom. The van der Waals surface area contributed by atoms with Gasteiger partial charge in [-0.2, -0.15) is 0 Å². The maximum atomic E-state index is 9.14. The lowest BCUT2D eigenvalue weighted by molar-refractivity contribution is 0.443. The first kappa shape index (κ1) is 16.8. The van der Waals surface area contributed by atoms with Crippen molar-refractivity contribution in [1.82, 2.24) is 15.0 Å². The second kappa shape index (κ2) is 11.6. The molecule has 0 spiro atoms. The van der Waals surface area contributed by atoms with Crippen molar-refractivity contribution in [3.63, 3.8) is 0 Å². The summed E-state index contributed by atoms with van der Waals surface area (Å²) in [5.74, 6) is 0.575. The quantitative estimate of drug-likeness (QED) is 0.192. The van der Waals surface area contributed by atoms with Crippen molar-refractivity contribution in [2.75, 3.05) is 0 Å². The predicted molar refractivity (Wildman–Crippen MR) is 192 cm³/mol. The largest absolute Gasteiger partial charge is 0.456 e. The molecule has 0 saturated heterocycles. The Labute approximate surface area is 293 Å². The lowest BCUT2D eigenvalue weighted by atomic mass is 9.84. The van der Waals surface area contributed by atoms with E-state index in [-0.39, 0.29) is 61.3 Å². The summed E-state index contributed by atoms with van der Waals surface area (Å²) in [6.07, 6.45) is 5.71. The van der Waals surface area contributed by atoms with E-state index in [1.165, 1.54) is 12.0 Å². The van der Waals surface area contributed by atoms with E-state index in [0.717, 1.165) is 25.7 Å². The molecule has 4 nitrogen and oxygen atoms in total. The maximum absolute atomic E-state index is 9.14. The summed E-state index contributed by atoms with van der Waals surface area (Å²) >= 11 is 0. The molecule has 0 radical (unpaired) electrons. The first-order valence-electron chi connectivity index (χ1n) is 22.5. The van der Waals surface area contributed by atoms with Crippen molar-refractivity contribution in [2.45, 2.75) is 38.0 Å². The van der Waals surface area contributed by atoms with Gasteiger partial charge in [0.1, 0.15) is 11.2 Å². The summed E-state index contributed by atoms with van der Waals surface area (Å²) in [4.78, 5) is 14.4. The van der Waals surface area contributed by atoms with Gasteiger partial charge < -0.3 is 4.42 Å². The molecule has 1 saturated carbocycles. The van der Waals surface area contributed by atoms with Gasteiger partial charge in [0, 0.05) is 27.5 Å². The zero-order valence-corrected chi connectivity index (χ0v) is 25.0. The van der Waals surface area contributed by atoms with Crippen LogP contribution >= 0.6 is 0 Å². The number of rotatable bonds is 5. The van der Waals surface area contributed by atoms with Crippen molar-refractivity contribution in [3.05, 3.63) is 139 Å². The lowest BCUT2D eigenvalue weighted by Gasteiger charge is -2.22. The van der Waals surface area contributed by atoms with Crippen LogP contribution in [0.5, 0.6) is 0 Å². The van der Waals surface area contributed by atoms with Crippen LogP contribution in [0, 0.1) is 0 Å². The van der Waals surface area contributed by atoms with Gasteiger partial charge in [-0.15, -0.1) is 0 Å². The fourth-order valence-electron chi connectivity index (χ4n) is 6.43. The third kappa shape index (κ3) is 5.07. The van der Waals surface area contributed by atoms with Crippen LogP contribution in [-0.2, 0) is 0 Å². The SMILES string of the molecule is [2H]c1c([2H])c([2H])c2c(oc3c([2H])c([2H])c([2H])c(-c4nc(-c5ccc(-c6c([2H])c([2H])c([2H])c7c([2H])c([2H])c([2H])c([2H])c67)cc5)nc(-c5ccc(C6CCCCC6)cc5)n4)c32)c1[2H]. The molecule has 2 heterocycles. The van der Waals surface area contributed by atoms with E-state index in [1.54, 1.807) is 24.3 Å². The molecule has 4 heteroatoms. The summed E-state index contributed by atoms with van der Waals surface area (Å²) in [5.41, 5.74) is 1.98. The van der Waals surface area contributed by atoms with E-state index in [1.807, 2.05) is 24.3 Å². The summed E-state index contributed by atoms with van der Waals surface area (Å²) in [6.45, 7) is 0. The van der Waals surface area contributed by atoms with Gasteiger partial charge in [-0.1, -0.05) is 140 Å². The highest BCUT2D eigenvalue weighted by atomic mass is 16.3. The number of hydrogen-bond donors (Lipinski definition) is 0. The number of hydrogen-bond acceptors (Lipinski definition) is 4. The van der Waals surface area contributed by atoms with Crippen molar-refractivity contribution in [1.29, 1.82) is 0 Å². The highest BCUT2D eigenvalue weighted by Gasteiger charge is 2.19. The Kier molecular flexibility index (Phi) is 4.16. The third-order valence-corrected chi connectivity index (χ3v) is 8.80. The molecule has 8 aromatic rings. The number of para-hydroxylation sites is 1. The van der Waals surface area contributed by atoms with E-state index in [4.69, 9.17) is 38.6 Å². The summed E-state index contributed by atoms with van der Waals surface area (Å²) < 4.78 is 126. The molecule has 1 aliphatic carbocycles. The van der Waals surface area contributed by atoms with E-state index >= 15 is 0 Å². The van der Waals surface area contributed by atoms with E-state index in [9.17, 15) is 0 Å². The van der Waals surface area contributed by atoms with Crippen LogP contribution in [0.1, 0.15) is 62.8 Å². The lowest BCUT2D eigenvalue weighted by Crippen LogP contribution is -2.04. The molecule has 0 atom stereocenters. The molecule has 1 aliphatic rings. The van der Waals surface area contributed by atoms with Crippen molar-refractivity contribution in [3.8, 4) is 45.3 Å². The second-order valence-electron chi connectivity index (χ2n) is 11.6. The van der Waals surface area contributed by atoms with E-state index in [0.29, 0.717) is 22.6 Å². The van der Waals surface area contributed by atoms with Gasteiger partial charge in [-0.25, -0.2) is 15.0 Å². The monoisotopic (exact) mass is 621 g/mol. The topological polar surface area (TPSA) is 51.8 Å². The van der Waals surface area contributed by atoms with Gasteiger partial charge in [-0.05, 0) is 58.3 Å². The average Bonchev–Trinajstić information content (AvgIpc) is 3.68. The first-order valence-corrected chi connectivity index (χ1v) is 15.5. The van der Waals surface area contributed by atoms with Crippen molar-refractivity contribution in [2.24, 2.45) is 0 Å². The smallest absolute Gasteiger partial charge is 0.164 e. The Bertz CT molecular complexity index is 3160. The van der Waals surface area contributed by atoms with Gasteiger partial charge in [0.15, 0.2) is 17.5 Å². The molecule has 2 aromatic heterocycles. The van der Waals surface area contributed by atoms with Crippen LogP contribution in [0.3, 0.4) is 0 Å². The number of benzene rings is 6. The van der Waals surface area contributed by atoms with Crippen molar-refractivity contribution >= 4 is 32.7 Å². The van der Waals surface area contributed by atoms with Crippen LogP contribution < -0.4 is 0 Å². The van der Waals surface area contributed by atoms with Crippen LogP contribution in [-0.4, -0.2) is 15.0 Å². The van der Waals surface area contributed by atoms with Crippen LogP contribution in [0.2, 0.25) is 0 Å². The van der Waals surface area contributed by atoms with Gasteiger partial charge >= 0.3 is 0 Å². The molecular weight excluding hydrogens is 574 g/mol. The Morgan fingerprint density at radius 3 is 1.87 bits per heavy atom. The van der Waals surface area contributed by atoms with Crippen molar-refractivity contribution < 1.29 is 23.6 Å². The van der Waals surface area contributed by atoms with E-state index < -0.39 is 84.6 Å². The molecule has 6 aromatic carbocycles. The molecule has 9 rings (SSSR count). The molecule has 0 amide bonds. The van der Waals surface area contributed by atoms with E-state index in [2.05, 4.69) is 0 Å². The standard InChI is InChI=1S/C43H33N3O/c1-2-10-28(11-3-1)29-20-24-32(25-21-29)41-44-42(33-26-22-31(23-27-33)35-16-8-13-30-12-4-5-14-34(30)35)46-43(45-41)37-17-9-19-39-40(37)36-15-6-7-18-38(36)47-39/h4-9,12-28H,1-3,10-11H2/i4D,5D,6D,7D,8D,9D,12D,13D,14D,15D,16D,17D,18D,19D. The van der Waals surface area contributed by atoms with Gasteiger partial charge in [0.25, 0.3) is 0 Å². The zero-order chi connectivity index (χ0) is 43.3. The fraction of sp³-hybridized carbons (Fsp3) is 0.140. The molecular formula is C43H33N3O. The average molecular weight is 622 g/mol. The summed E-state index contributed by atoms with van der Waals surface area (Å²) in [6, 6.07) is 7.33. The predicted octanol–water partition coefficient (Wildman–Crippen LogP) is 11.6. The van der Waals surface area contributed by atoms with Crippen LogP contribution in [0.4, 0.5) is 0 Å². The molecule has 1 fully saturated rings. The minimum Gasteiger partial charge on any atom is -0.456 e. The summed E-state index contributed by atoms with van der Waals surface area (Å²) in [5, 5.41) is -0.351. The number of fused-ring (bicyclic) bond motifs is 4. The second-order valence-corrected chi connectivity index (χ2v) is 11.6. The number of furan rings is 1. The molecule has 47 heavy (non-hydrogen) atoms. The third-order valence-electron chi connectivity index (χ3n) is 8.80. The first-order chi connectivity index (χ1) is 29.1. The summed E-state index contributed by atoms with van der Waals surface area (Å²) in [7, 11) is 0. The normalized spacial score (nSPS) is 18.0. The molecule has 0 aliphatic heterocycles. The van der Waals surface area contributed by atoms with Crippen LogP contribution in [0.25, 0.3) is 78.0 Å². The zero-order valence-electron chi connectivity index (χ0n) is 39.0. The minimum atomic E-state index is -0.554. The maximum Gasteiger partial charge on any atom is 0.164 e. The Hall–Kier alpha value is -5.61. The Morgan fingerprint density at radius 2 is 1.09 bits per heavy atom. The van der Waals surface area contributed by atoms with Gasteiger partial charge in [0.05, 0.1) is 19.2 Å². The molecule has 226 valence electrons. The molecule has 0 N–H and O–H groups in total. The van der Waals surface area contributed by atoms with Gasteiger partial charge in [0.2, 0.25) is 0 Å². The highest BCUT2D eigenvalue weighted by molar-refractivity contribution is 6.11. The highest BCUT2D eigenvalue weighted by Crippen LogP contribution is 2.38. The number of aromatic nitrogens is 3. The molecule has 0 bridgehead atoms. The molecule has 0 unspecified atom stereocenters.